The summed E-state index contributed by atoms with van der Waals surface area (Å²) in [5, 5.41) is 2.55. The molecule has 0 radical (unpaired) electrons. The fourth-order valence-corrected chi connectivity index (χ4v) is 9.97. The molecule has 0 unspecified atom stereocenters. The first-order chi connectivity index (χ1) is 24.3. The van der Waals surface area contributed by atoms with E-state index >= 15 is 0 Å². The lowest BCUT2D eigenvalue weighted by Gasteiger charge is -2.36. The number of hydrogen-bond acceptors (Lipinski definition) is 3. The van der Waals surface area contributed by atoms with Crippen LogP contribution in [-0.2, 0) is 5.41 Å². The first-order valence-electron chi connectivity index (χ1n) is 17.5. The van der Waals surface area contributed by atoms with Gasteiger partial charge in [-0.3, -0.25) is 0 Å². The molecule has 8 aromatic rings. The van der Waals surface area contributed by atoms with Crippen LogP contribution >= 0.6 is 11.3 Å². The van der Waals surface area contributed by atoms with E-state index in [1.54, 1.807) is 5.56 Å². The molecule has 2 nitrogen and oxygen atoms in total. The summed E-state index contributed by atoms with van der Waals surface area (Å²) in [7, 11) is 0. The van der Waals surface area contributed by atoms with Crippen LogP contribution in [0.4, 0.5) is 0 Å². The zero-order valence-corrected chi connectivity index (χ0v) is 28.0. The molecule has 0 saturated heterocycles. The van der Waals surface area contributed by atoms with E-state index in [2.05, 4.69) is 133 Å². The van der Waals surface area contributed by atoms with Crippen LogP contribution in [0.1, 0.15) is 43.2 Å². The van der Waals surface area contributed by atoms with Gasteiger partial charge in [0, 0.05) is 42.3 Å². The third-order valence-corrected chi connectivity index (χ3v) is 12.2. The topological polar surface area (TPSA) is 25.8 Å². The number of fused-ring (bicyclic) bond motifs is 8. The molecule has 1 fully saturated rings. The van der Waals surface area contributed by atoms with Crippen LogP contribution in [0.3, 0.4) is 0 Å². The van der Waals surface area contributed by atoms with Gasteiger partial charge in [0.2, 0.25) is 0 Å². The molecule has 0 bridgehead atoms. The van der Waals surface area contributed by atoms with Gasteiger partial charge in [-0.15, -0.1) is 11.3 Å². The van der Waals surface area contributed by atoms with Crippen LogP contribution in [-0.4, -0.2) is 9.97 Å². The third kappa shape index (κ3) is 4.53. The Hall–Kier alpha value is -5.38. The Morgan fingerprint density at radius 3 is 1.69 bits per heavy atom. The molecule has 0 atom stereocenters. The summed E-state index contributed by atoms with van der Waals surface area (Å²) in [5.41, 5.74) is 13.8. The van der Waals surface area contributed by atoms with Crippen molar-refractivity contribution in [3.63, 3.8) is 0 Å². The molecular weight excluding hydrogens is 613 g/mol. The van der Waals surface area contributed by atoms with Gasteiger partial charge in [0.15, 0.2) is 5.82 Å². The monoisotopic (exact) mass is 646 g/mol. The zero-order valence-electron chi connectivity index (χ0n) is 27.2. The molecule has 0 aliphatic heterocycles. The first-order valence-corrected chi connectivity index (χ1v) is 18.3. The molecule has 49 heavy (non-hydrogen) atoms. The Bertz CT molecular complexity index is 2470. The molecule has 0 N–H and O–H groups in total. The normalized spacial score (nSPS) is 14.7. The molecular formula is C46H34N2S. The predicted molar refractivity (Wildman–Crippen MR) is 206 cm³/mol. The lowest BCUT2D eigenvalue weighted by molar-refractivity contribution is 0.353. The number of hydrogen-bond donors (Lipinski definition) is 0. The maximum Gasteiger partial charge on any atom is 0.161 e. The summed E-state index contributed by atoms with van der Waals surface area (Å²) in [6.45, 7) is 0. The summed E-state index contributed by atoms with van der Waals surface area (Å²) in [6, 6.07) is 52.9. The largest absolute Gasteiger partial charge is 0.228 e. The van der Waals surface area contributed by atoms with Crippen molar-refractivity contribution in [2.75, 3.05) is 0 Å². The SMILES string of the molecule is c1ccc(-c2cc(-c3ccccc3)nc(-c3cccc4c3sc3c(-c5ccc6c(c5)C5(CCCCC5)c5ccccc5-6)cccc34)n2)cc1. The quantitative estimate of drug-likeness (QED) is 0.190. The van der Waals surface area contributed by atoms with Crippen LogP contribution in [0.15, 0.2) is 146 Å². The maximum absolute atomic E-state index is 5.20. The van der Waals surface area contributed by atoms with Gasteiger partial charge < -0.3 is 0 Å². The van der Waals surface area contributed by atoms with Crippen molar-refractivity contribution in [3.8, 4) is 56.2 Å². The van der Waals surface area contributed by atoms with Gasteiger partial charge in [-0.05, 0) is 64.4 Å². The van der Waals surface area contributed by atoms with Gasteiger partial charge in [0.1, 0.15) is 0 Å². The van der Waals surface area contributed by atoms with Gasteiger partial charge in [0.05, 0.1) is 11.4 Å². The molecule has 3 heteroatoms. The van der Waals surface area contributed by atoms with Gasteiger partial charge >= 0.3 is 0 Å². The molecule has 2 aliphatic rings. The van der Waals surface area contributed by atoms with Crippen LogP contribution in [0.5, 0.6) is 0 Å². The second-order valence-electron chi connectivity index (χ2n) is 13.6. The highest BCUT2D eigenvalue weighted by Crippen LogP contribution is 2.56. The number of rotatable bonds is 4. The van der Waals surface area contributed by atoms with E-state index in [1.807, 2.05) is 23.5 Å². The van der Waals surface area contributed by atoms with E-state index < -0.39 is 0 Å². The number of benzene rings is 6. The Balaban J connectivity index is 1.15. The first kappa shape index (κ1) is 28.6. The van der Waals surface area contributed by atoms with E-state index in [1.165, 1.54) is 80.1 Å². The summed E-state index contributed by atoms with van der Waals surface area (Å²) < 4.78 is 2.55. The molecule has 10 rings (SSSR count). The number of thiophene rings is 1. The minimum Gasteiger partial charge on any atom is -0.228 e. The molecule has 234 valence electrons. The molecule has 2 aliphatic carbocycles. The molecule has 2 heterocycles. The highest BCUT2D eigenvalue weighted by molar-refractivity contribution is 7.26. The minimum atomic E-state index is 0.138. The number of nitrogens with zero attached hydrogens (tertiary/aromatic N) is 2. The molecule has 1 spiro atoms. The zero-order chi connectivity index (χ0) is 32.4. The standard InChI is InChI=1S/C46H34N2S/c1-4-14-30(15-5-1)41-29-42(31-16-6-2-7-17-31)48-45(47-41)38-22-13-21-37-36-20-12-19-33(43(36)49-44(37)38)32-24-25-35-34-18-8-9-23-39(34)46(40(35)28-32)26-10-3-11-27-46/h1-2,4-9,12-25,28-29H,3,10-11,26-27H2. The van der Waals surface area contributed by atoms with Crippen molar-refractivity contribution in [1.82, 2.24) is 9.97 Å². The van der Waals surface area contributed by atoms with Crippen molar-refractivity contribution in [3.05, 3.63) is 157 Å². The van der Waals surface area contributed by atoms with Crippen LogP contribution in [0, 0.1) is 0 Å². The molecule has 1 saturated carbocycles. The van der Waals surface area contributed by atoms with E-state index in [-0.39, 0.29) is 5.41 Å². The molecule has 6 aromatic carbocycles. The minimum absolute atomic E-state index is 0.138. The van der Waals surface area contributed by atoms with Crippen molar-refractivity contribution in [2.45, 2.75) is 37.5 Å². The van der Waals surface area contributed by atoms with E-state index in [9.17, 15) is 0 Å². The summed E-state index contributed by atoms with van der Waals surface area (Å²) in [5.74, 6) is 0.758. The Labute approximate surface area is 290 Å². The average molecular weight is 647 g/mol. The van der Waals surface area contributed by atoms with Crippen molar-refractivity contribution >= 4 is 31.5 Å². The highest BCUT2D eigenvalue weighted by Gasteiger charge is 2.43. The van der Waals surface area contributed by atoms with Crippen molar-refractivity contribution in [2.24, 2.45) is 0 Å². The molecule has 2 aromatic heterocycles. The summed E-state index contributed by atoms with van der Waals surface area (Å²) in [4.78, 5) is 10.4. The van der Waals surface area contributed by atoms with Gasteiger partial charge in [-0.2, -0.15) is 0 Å². The highest BCUT2D eigenvalue weighted by atomic mass is 32.1. The maximum atomic E-state index is 5.20. The summed E-state index contributed by atoms with van der Waals surface area (Å²) in [6.07, 6.45) is 6.42. The van der Waals surface area contributed by atoms with Crippen molar-refractivity contribution < 1.29 is 0 Å². The van der Waals surface area contributed by atoms with Crippen LogP contribution in [0.25, 0.3) is 76.3 Å². The Kier molecular flexibility index (Phi) is 6.63. The summed E-state index contributed by atoms with van der Waals surface area (Å²) >= 11 is 1.88. The fraction of sp³-hybridized carbons (Fsp3) is 0.130. The predicted octanol–water partition coefficient (Wildman–Crippen LogP) is 12.7. The average Bonchev–Trinajstić information content (AvgIpc) is 3.69. The fourth-order valence-electron chi connectivity index (χ4n) is 8.62. The van der Waals surface area contributed by atoms with Gasteiger partial charge in [0.25, 0.3) is 0 Å². The van der Waals surface area contributed by atoms with Gasteiger partial charge in [-0.25, -0.2) is 9.97 Å². The Morgan fingerprint density at radius 1 is 0.429 bits per heavy atom. The van der Waals surface area contributed by atoms with Crippen molar-refractivity contribution in [1.29, 1.82) is 0 Å². The van der Waals surface area contributed by atoms with E-state index in [0.717, 1.165) is 33.9 Å². The van der Waals surface area contributed by atoms with Crippen LogP contribution in [0.2, 0.25) is 0 Å². The van der Waals surface area contributed by atoms with E-state index in [0.29, 0.717) is 0 Å². The second-order valence-corrected chi connectivity index (χ2v) is 14.6. The second kappa shape index (κ2) is 11.4. The van der Waals surface area contributed by atoms with Gasteiger partial charge in [-0.1, -0.05) is 147 Å². The van der Waals surface area contributed by atoms with E-state index in [4.69, 9.17) is 9.97 Å². The number of aromatic nitrogens is 2. The smallest absolute Gasteiger partial charge is 0.161 e. The van der Waals surface area contributed by atoms with Crippen LogP contribution < -0.4 is 0 Å². The lowest BCUT2D eigenvalue weighted by atomic mass is 9.67. The third-order valence-electron chi connectivity index (χ3n) is 10.9. The lowest BCUT2D eigenvalue weighted by Crippen LogP contribution is -2.28. The Morgan fingerprint density at radius 2 is 1.00 bits per heavy atom. The molecule has 0 amide bonds.